The largest absolute Gasteiger partial charge is 0.309 e. The van der Waals surface area contributed by atoms with Gasteiger partial charge in [-0.2, -0.15) is 4.31 Å². The van der Waals surface area contributed by atoms with E-state index in [0.717, 1.165) is 17.7 Å². The Hall–Kier alpha value is -1.58. The van der Waals surface area contributed by atoms with Crippen LogP contribution >= 0.6 is 11.5 Å². The minimum Gasteiger partial charge on any atom is -0.309 e. The van der Waals surface area contributed by atoms with Gasteiger partial charge in [-0.05, 0) is 30.4 Å². The maximum atomic E-state index is 12.5. The third-order valence-corrected chi connectivity index (χ3v) is 5.92. The summed E-state index contributed by atoms with van der Waals surface area (Å²) in [6, 6.07) is 2.66. The predicted molar refractivity (Wildman–Crippen MR) is 77.7 cm³/mol. The molecule has 3 heterocycles. The number of sulfonamides is 1. The van der Waals surface area contributed by atoms with Crippen molar-refractivity contribution in [3.63, 3.8) is 0 Å². The lowest BCUT2D eigenvalue weighted by molar-refractivity contribution is 0.476. The monoisotopic (exact) mass is 326 g/mol. The fourth-order valence-electron chi connectivity index (χ4n) is 2.29. The molecule has 2 aromatic heterocycles. The van der Waals surface area contributed by atoms with Crippen LogP contribution in [0.25, 0.3) is 0 Å². The van der Waals surface area contributed by atoms with E-state index in [1.165, 1.54) is 38.7 Å². The number of nitrogens with zero attached hydrogens (tertiary/aromatic N) is 4. The Balaban J connectivity index is 1.95. The normalized spacial score (nSPS) is 16.4. The molecule has 0 saturated carbocycles. The molecule has 1 aliphatic heterocycles. The second-order valence-corrected chi connectivity index (χ2v) is 7.63. The molecule has 3 rings (SSSR count). The Bertz CT molecular complexity index is 777. The SMILES string of the molecule is O=c1ccc(S(=O)(=O)N2CCCC2)cn1Cc1cnns1. The van der Waals surface area contributed by atoms with Crippen LogP contribution in [0, 0.1) is 0 Å². The van der Waals surface area contributed by atoms with Crippen molar-refractivity contribution in [2.45, 2.75) is 24.3 Å². The summed E-state index contributed by atoms with van der Waals surface area (Å²) in [4.78, 5) is 12.8. The van der Waals surface area contributed by atoms with Gasteiger partial charge >= 0.3 is 0 Å². The Labute approximate surface area is 126 Å². The molecule has 0 unspecified atom stereocenters. The van der Waals surface area contributed by atoms with Crippen LogP contribution in [-0.2, 0) is 16.6 Å². The van der Waals surface area contributed by atoms with Crippen molar-refractivity contribution in [2.75, 3.05) is 13.1 Å². The number of hydrogen-bond donors (Lipinski definition) is 0. The maximum absolute atomic E-state index is 12.5. The smallest absolute Gasteiger partial charge is 0.250 e. The molecule has 0 amide bonds. The molecule has 0 aliphatic carbocycles. The molecular weight excluding hydrogens is 312 g/mol. The average molecular weight is 326 g/mol. The quantitative estimate of drug-likeness (QED) is 0.818. The van der Waals surface area contributed by atoms with Gasteiger partial charge in [-0.3, -0.25) is 4.79 Å². The van der Waals surface area contributed by atoms with Crippen molar-refractivity contribution in [3.8, 4) is 0 Å². The van der Waals surface area contributed by atoms with Gasteiger partial charge in [0.05, 0.1) is 22.5 Å². The zero-order chi connectivity index (χ0) is 14.9. The Morgan fingerprint density at radius 2 is 2.00 bits per heavy atom. The van der Waals surface area contributed by atoms with Crippen LogP contribution in [0.2, 0.25) is 0 Å². The lowest BCUT2D eigenvalue weighted by atomic mass is 10.4. The van der Waals surface area contributed by atoms with Gasteiger partial charge in [0.15, 0.2) is 0 Å². The van der Waals surface area contributed by atoms with Crippen LogP contribution in [0.15, 0.2) is 34.2 Å². The molecule has 0 aromatic carbocycles. The highest BCUT2D eigenvalue weighted by Gasteiger charge is 2.27. The first-order valence-corrected chi connectivity index (χ1v) is 8.75. The molecule has 0 N–H and O–H groups in total. The van der Waals surface area contributed by atoms with Crippen molar-refractivity contribution in [1.29, 1.82) is 0 Å². The minimum absolute atomic E-state index is 0.154. The van der Waals surface area contributed by atoms with Gasteiger partial charge < -0.3 is 4.57 Å². The van der Waals surface area contributed by atoms with E-state index in [1.807, 2.05) is 0 Å². The van der Waals surface area contributed by atoms with E-state index in [-0.39, 0.29) is 17.0 Å². The predicted octanol–water partition coefficient (Wildman–Crippen LogP) is 0.533. The molecule has 2 aromatic rings. The zero-order valence-corrected chi connectivity index (χ0v) is 12.8. The highest BCUT2D eigenvalue weighted by atomic mass is 32.2. The lowest BCUT2D eigenvalue weighted by Gasteiger charge is -2.16. The summed E-state index contributed by atoms with van der Waals surface area (Å²) in [6.45, 7) is 1.36. The molecule has 21 heavy (non-hydrogen) atoms. The Kier molecular flexibility index (Phi) is 3.87. The molecule has 0 radical (unpaired) electrons. The zero-order valence-electron chi connectivity index (χ0n) is 11.2. The van der Waals surface area contributed by atoms with Crippen LogP contribution in [0.5, 0.6) is 0 Å². The number of aromatic nitrogens is 3. The van der Waals surface area contributed by atoms with Crippen LogP contribution in [-0.4, -0.2) is 40.0 Å². The molecule has 1 saturated heterocycles. The summed E-state index contributed by atoms with van der Waals surface area (Å²) < 4.78 is 31.5. The molecule has 7 nitrogen and oxygen atoms in total. The van der Waals surface area contributed by atoms with Crippen LogP contribution in [0.1, 0.15) is 17.7 Å². The topological polar surface area (TPSA) is 85.2 Å². The fourth-order valence-corrected chi connectivity index (χ4v) is 4.32. The van der Waals surface area contributed by atoms with Crippen molar-refractivity contribution in [1.82, 2.24) is 18.5 Å². The molecule has 112 valence electrons. The van der Waals surface area contributed by atoms with Crippen molar-refractivity contribution in [2.24, 2.45) is 0 Å². The molecule has 0 bridgehead atoms. The first-order chi connectivity index (χ1) is 10.1. The summed E-state index contributed by atoms with van der Waals surface area (Å²) in [7, 11) is -3.51. The number of hydrogen-bond acceptors (Lipinski definition) is 6. The Morgan fingerprint density at radius 3 is 2.67 bits per heavy atom. The standard InChI is InChI=1S/C12H14N4O3S2/c17-12-4-3-11(21(18,19)16-5-1-2-6-16)9-15(12)8-10-7-13-14-20-10/h3-4,7,9H,1-2,5-6,8H2. The number of rotatable bonds is 4. The van der Waals surface area contributed by atoms with Gasteiger partial charge in [0.1, 0.15) is 0 Å². The third kappa shape index (κ3) is 2.89. The van der Waals surface area contributed by atoms with Crippen LogP contribution < -0.4 is 5.56 Å². The van der Waals surface area contributed by atoms with E-state index >= 15 is 0 Å². The summed E-state index contributed by atoms with van der Waals surface area (Å²) in [6.07, 6.45) is 4.73. The minimum atomic E-state index is -3.51. The molecule has 1 aliphatic rings. The van der Waals surface area contributed by atoms with Crippen molar-refractivity contribution in [3.05, 3.63) is 39.8 Å². The highest BCUT2D eigenvalue weighted by Crippen LogP contribution is 2.20. The van der Waals surface area contributed by atoms with Gasteiger partial charge in [0, 0.05) is 25.4 Å². The molecule has 1 fully saturated rings. The van der Waals surface area contributed by atoms with E-state index in [1.54, 1.807) is 6.20 Å². The highest BCUT2D eigenvalue weighted by molar-refractivity contribution is 7.89. The van der Waals surface area contributed by atoms with E-state index in [2.05, 4.69) is 9.59 Å². The van der Waals surface area contributed by atoms with Crippen LogP contribution in [0.3, 0.4) is 0 Å². The molecule has 0 atom stereocenters. The lowest BCUT2D eigenvalue weighted by Crippen LogP contribution is -2.29. The van der Waals surface area contributed by atoms with Gasteiger partial charge in [0.2, 0.25) is 10.0 Å². The van der Waals surface area contributed by atoms with E-state index in [4.69, 9.17) is 0 Å². The first kappa shape index (κ1) is 14.4. The second kappa shape index (κ2) is 5.66. The van der Waals surface area contributed by atoms with Crippen LogP contribution in [0.4, 0.5) is 0 Å². The van der Waals surface area contributed by atoms with Crippen molar-refractivity contribution < 1.29 is 8.42 Å². The maximum Gasteiger partial charge on any atom is 0.250 e. The molecular formula is C12H14N4O3S2. The van der Waals surface area contributed by atoms with E-state index in [0.29, 0.717) is 13.1 Å². The average Bonchev–Trinajstić information content (AvgIpc) is 3.13. The summed E-state index contributed by atoms with van der Waals surface area (Å²) >= 11 is 1.18. The molecule has 9 heteroatoms. The molecule has 0 spiro atoms. The Morgan fingerprint density at radius 1 is 1.24 bits per heavy atom. The number of pyridine rings is 1. The summed E-state index contributed by atoms with van der Waals surface area (Å²) in [5.41, 5.74) is -0.247. The van der Waals surface area contributed by atoms with Crippen molar-refractivity contribution >= 4 is 21.6 Å². The van der Waals surface area contributed by atoms with E-state index < -0.39 is 10.0 Å². The van der Waals surface area contributed by atoms with E-state index in [9.17, 15) is 13.2 Å². The van der Waals surface area contributed by atoms with Gasteiger partial charge in [-0.15, -0.1) is 5.10 Å². The second-order valence-electron chi connectivity index (χ2n) is 4.83. The first-order valence-electron chi connectivity index (χ1n) is 6.54. The van der Waals surface area contributed by atoms with Gasteiger partial charge in [-0.1, -0.05) is 4.49 Å². The summed E-state index contributed by atoms with van der Waals surface area (Å²) in [5.74, 6) is 0. The third-order valence-electron chi connectivity index (χ3n) is 3.39. The summed E-state index contributed by atoms with van der Waals surface area (Å²) in [5, 5.41) is 3.71. The van der Waals surface area contributed by atoms with Gasteiger partial charge in [-0.25, -0.2) is 8.42 Å². The van der Waals surface area contributed by atoms with Gasteiger partial charge in [0.25, 0.3) is 5.56 Å². The fraction of sp³-hybridized carbons (Fsp3) is 0.417.